The van der Waals surface area contributed by atoms with Gasteiger partial charge in [0.05, 0.1) is 11.4 Å². The maximum atomic E-state index is 6.30. The molecule has 3 nitrogen and oxygen atoms in total. The zero-order chi connectivity index (χ0) is 14.1. The van der Waals surface area contributed by atoms with Crippen molar-refractivity contribution in [1.82, 2.24) is 9.78 Å². The first-order chi connectivity index (χ1) is 9.66. The van der Waals surface area contributed by atoms with Crippen molar-refractivity contribution >= 4 is 21.7 Å². The molecule has 1 aromatic heterocycles. The van der Waals surface area contributed by atoms with Crippen LogP contribution in [-0.4, -0.2) is 9.78 Å². The van der Waals surface area contributed by atoms with Crippen molar-refractivity contribution in [3.8, 4) is 16.8 Å². The second kappa shape index (κ2) is 5.13. The Morgan fingerprint density at radius 3 is 2.30 bits per heavy atom. The lowest BCUT2D eigenvalue weighted by Crippen LogP contribution is -2.02. The van der Waals surface area contributed by atoms with Gasteiger partial charge in [0, 0.05) is 10.0 Å². The topological polar surface area (TPSA) is 43.8 Å². The Bertz CT molecular complexity index is 730. The average molecular weight is 328 g/mol. The zero-order valence-electron chi connectivity index (χ0n) is 11.0. The van der Waals surface area contributed by atoms with Crippen LogP contribution in [0.25, 0.3) is 16.8 Å². The Kier molecular flexibility index (Phi) is 3.32. The minimum absolute atomic E-state index is 0.663. The molecule has 0 spiro atoms. The van der Waals surface area contributed by atoms with Crippen LogP contribution < -0.4 is 5.73 Å². The van der Waals surface area contributed by atoms with E-state index in [9.17, 15) is 0 Å². The van der Waals surface area contributed by atoms with Crippen LogP contribution in [0.15, 0.2) is 59.1 Å². The molecule has 0 amide bonds. The van der Waals surface area contributed by atoms with E-state index >= 15 is 0 Å². The number of nitrogens with two attached hydrogens (primary N) is 1. The molecule has 0 fully saturated rings. The third-order valence-corrected chi connectivity index (χ3v) is 3.76. The van der Waals surface area contributed by atoms with Crippen LogP contribution in [0.2, 0.25) is 0 Å². The smallest absolute Gasteiger partial charge is 0.135 e. The van der Waals surface area contributed by atoms with Gasteiger partial charge in [-0.25, -0.2) is 4.68 Å². The summed E-state index contributed by atoms with van der Waals surface area (Å²) in [5, 5.41) is 4.56. The molecule has 0 aliphatic heterocycles. The van der Waals surface area contributed by atoms with E-state index in [1.165, 1.54) is 0 Å². The third kappa shape index (κ3) is 2.23. The Morgan fingerprint density at radius 2 is 1.65 bits per heavy atom. The first-order valence-corrected chi connectivity index (χ1v) is 7.12. The standard InChI is InChI=1S/C16H14BrN3/c1-11-15(12-5-3-2-4-6-12)16(18)20(19-11)14-9-7-13(17)8-10-14/h2-10H,18H2,1H3. The molecule has 0 atom stereocenters. The summed E-state index contributed by atoms with van der Waals surface area (Å²) in [6.07, 6.45) is 0. The fourth-order valence-corrected chi connectivity index (χ4v) is 2.55. The number of benzene rings is 2. The van der Waals surface area contributed by atoms with E-state index in [0.717, 1.165) is 27.0 Å². The highest BCUT2D eigenvalue weighted by molar-refractivity contribution is 9.10. The highest BCUT2D eigenvalue weighted by Gasteiger charge is 2.14. The largest absolute Gasteiger partial charge is 0.383 e. The quantitative estimate of drug-likeness (QED) is 0.766. The molecule has 0 radical (unpaired) electrons. The number of nitrogen functional groups attached to an aromatic ring is 1. The molecular weight excluding hydrogens is 314 g/mol. The normalized spacial score (nSPS) is 10.7. The van der Waals surface area contributed by atoms with Gasteiger partial charge < -0.3 is 5.73 Å². The lowest BCUT2D eigenvalue weighted by molar-refractivity contribution is 0.872. The molecule has 0 saturated heterocycles. The summed E-state index contributed by atoms with van der Waals surface area (Å²) in [7, 11) is 0. The Hall–Kier alpha value is -2.07. The highest BCUT2D eigenvalue weighted by atomic mass is 79.9. The van der Waals surface area contributed by atoms with Gasteiger partial charge in [-0.1, -0.05) is 46.3 Å². The van der Waals surface area contributed by atoms with E-state index in [-0.39, 0.29) is 0 Å². The van der Waals surface area contributed by atoms with Gasteiger partial charge in [0.15, 0.2) is 0 Å². The minimum Gasteiger partial charge on any atom is -0.383 e. The predicted octanol–water partition coefficient (Wildman–Crippen LogP) is 4.19. The Balaban J connectivity index is 2.14. The van der Waals surface area contributed by atoms with Gasteiger partial charge in [-0.2, -0.15) is 5.10 Å². The molecule has 0 unspecified atom stereocenters. The van der Waals surface area contributed by atoms with E-state index in [2.05, 4.69) is 21.0 Å². The van der Waals surface area contributed by atoms with Gasteiger partial charge in [-0.15, -0.1) is 0 Å². The Morgan fingerprint density at radius 1 is 1.00 bits per heavy atom. The second-order valence-corrected chi connectivity index (χ2v) is 5.52. The summed E-state index contributed by atoms with van der Waals surface area (Å²) in [6.45, 7) is 1.98. The van der Waals surface area contributed by atoms with Crippen LogP contribution >= 0.6 is 15.9 Å². The summed E-state index contributed by atoms with van der Waals surface area (Å²) >= 11 is 3.43. The number of aryl methyl sites for hydroxylation is 1. The molecule has 3 rings (SSSR count). The Labute approximate surface area is 126 Å². The highest BCUT2D eigenvalue weighted by Crippen LogP contribution is 2.31. The molecule has 1 heterocycles. The van der Waals surface area contributed by atoms with Gasteiger partial charge in [-0.05, 0) is 36.8 Å². The van der Waals surface area contributed by atoms with Crippen LogP contribution in [0.3, 0.4) is 0 Å². The van der Waals surface area contributed by atoms with E-state index in [1.807, 2.05) is 61.5 Å². The maximum absolute atomic E-state index is 6.30. The number of hydrogen-bond acceptors (Lipinski definition) is 2. The van der Waals surface area contributed by atoms with Crippen LogP contribution in [0.4, 0.5) is 5.82 Å². The minimum atomic E-state index is 0.663. The van der Waals surface area contributed by atoms with E-state index in [4.69, 9.17) is 5.73 Å². The fourth-order valence-electron chi connectivity index (χ4n) is 2.29. The summed E-state index contributed by atoms with van der Waals surface area (Å²) in [4.78, 5) is 0. The molecule has 0 saturated carbocycles. The van der Waals surface area contributed by atoms with Gasteiger partial charge in [0.25, 0.3) is 0 Å². The lowest BCUT2D eigenvalue weighted by atomic mass is 10.1. The fraction of sp³-hybridized carbons (Fsp3) is 0.0625. The van der Waals surface area contributed by atoms with E-state index in [0.29, 0.717) is 5.82 Å². The summed E-state index contributed by atoms with van der Waals surface area (Å²) in [6, 6.07) is 18.0. The van der Waals surface area contributed by atoms with E-state index < -0.39 is 0 Å². The molecule has 4 heteroatoms. The zero-order valence-corrected chi connectivity index (χ0v) is 12.6. The van der Waals surface area contributed by atoms with Crippen LogP contribution in [0.1, 0.15) is 5.69 Å². The van der Waals surface area contributed by atoms with Crippen molar-refractivity contribution in [2.45, 2.75) is 6.92 Å². The first kappa shape index (κ1) is 12.9. The molecular formula is C16H14BrN3. The SMILES string of the molecule is Cc1nn(-c2ccc(Br)cc2)c(N)c1-c1ccccc1. The van der Waals surface area contributed by atoms with Crippen molar-refractivity contribution in [2.75, 3.05) is 5.73 Å². The molecule has 100 valence electrons. The maximum Gasteiger partial charge on any atom is 0.135 e. The number of hydrogen-bond donors (Lipinski definition) is 1. The van der Waals surface area contributed by atoms with Crippen LogP contribution in [0, 0.1) is 6.92 Å². The molecule has 20 heavy (non-hydrogen) atoms. The molecule has 0 aliphatic rings. The molecule has 0 bridgehead atoms. The van der Waals surface area contributed by atoms with Crippen molar-refractivity contribution in [1.29, 1.82) is 0 Å². The number of rotatable bonds is 2. The number of anilines is 1. The van der Waals surface area contributed by atoms with Crippen molar-refractivity contribution in [3.05, 3.63) is 64.8 Å². The van der Waals surface area contributed by atoms with Crippen molar-refractivity contribution < 1.29 is 0 Å². The number of nitrogens with zero attached hydrogens (tertiary/aromatic N) is 2. The summed E-state index contributed by atoms with van der Waals surface area (Å²) in [5.74, 6) is 0.663. The van der Waals surface area contributed by atoms with Crippen molar-refractivity contribution in [3.63, 3.8) is 0 Å². The van der Waals surface area contributed by atoms with Gasteiger partial charge >= 0.3 is 0 Å². The molecule has 2 aromatic carbocycles. The van der Waals surface area contributed by atoms with Gasteiger partial charge in [0.1, 0.15) is 5.82 Å². The summed E-state index contributed by atoms with van der Waals surface area (Å²) in [5.41, 5.74) is 10.3. The molecule has 3 aromatic rings. The number of aromatic nitrogens is 2. The summed E-state index contributed by atoms with van der Waals surface area (Å²) < 4.78 is 2.82. The second-order valence-electron chi connectivity index (χ2n) is 4.60. The molecule has 2 N–H and O–H groups in total. The third-order valence-electron chi connectivity index (χ3n) is 3.23. The first-order valence-electron chi connectivity index (χ1n) is 6.33. The average Bonchev–Trinajstić information content (AvgIpc) is 2.76. The van der Waals surface area contributed by atoms with Crippen LogP contribution in [-0.2, 0) is 0 Å². The number of halogens is 1. The monoisotopic (exact) mass is 327 g/mol. The van der Waals surface area contributed by atoms with Gasteiger partial charge in [0.2, 0.25) is 0 Å². The van der Waals surface area contributed by atoms with Gasteiger partial charge in [-0.3, -0.25) is 0 Å². The predicted molar refractivity (Wildman–Crippen MR) is 85.8 cm³/mol. The lowest BCUT2D eigenvalue weighted by Gasteiger charge is -2.05. The van der Waals surface area contributed by atoms with Crippen LogP contribution in [0.5, 0.6) is 0 Å². The van der Waals surface area contributed by atoms with Crippen molar-refractivity contribution in [2.24, 2.45) is 0 Å². The van der Waals surface area contributed by atoms with E-state index in [1.54, 1.807) is 4.68 Å². The molecule has 0 aliphatic carbocycles.